The van der Waals surface area contributed by atoms with Crippen LogP contribution in [0.1, 0.15) is 122 Å². The normalized spacial score (nSPS) is 12.3. The van der Waals surface area contributed by atoms with E-state index >= 15 is 0 Å². The van der Waals surface area contributed by atoms with Crippen molar-refractivity contribution in [1.82, 2.24) is 0 Å². The molecule has 0 N–H and O–H groups in total. The van der Waals surface area contributed by atoms with E-state index in [0.29, 0.717) is 11.8 Å². The van der Waals surface area contributed by atoms with Crippen LogP contribution < -0.4 is 0 Å². The maximum Gasteiger partial charge on any atom is 0.311 e. The van der Waals surface area contributed by atoms with E-state index in [0.717, 1.165) is 38.5 Å². The lowest BCUT2D eigenvalue weighted by molar-refractivity contribution is -0.165. The molecule has 0 atom stereocenters. The van der Waals surface area contributed by atoms with E-state index in [1.807, 2.05) is 41.5 Å². The first-order chi connectivity index (χ1) is 13.7. The van der Waals surface area contributed by atoms with Gasteiger partial charge in [0.2, 0.25) is 0 Å². The van der Waals surface area contributed by atoms with Crippen molar-refractivity contribution in [2.24, 2.45) is 22.7 Å². The van der Waals surface area contributed by atoms with Gasteiger partial charge in [0.05, 0.1) is 10.8 Å². The molecule has 0 aliphatic carbocycles. The summed E-state index contributed by atoms with van der Waals surface area (Å²) in [5, 5.41) is 0. The van der Waals surface area contributed by atoms with E-state index in [1.165, 1.54) is 0 Å². The van der Waals surface area contributed by atoms with Gasteiger partial charge in [0.1, 0.15) is 12.2 Å². The van der Waals surface area contributed by atoms with Crippen molar-refractivity contribution in [2.45, 2.75) is 134 Å². The third-order valence-electron chi connectivity index (χ3n) is 5.93. The van der Waals surface area contributed by atoms with Crippen LogP contribution in [0.2, 0.25) is 0 Å². The molecule has 4 nitrogen and oxygen atoms in total. The Kier molecular flexibility index (Phi) is 15.4. The van der Waals surface area contributed by atoms with Crippen LogP contribution >= 0.6 is 0 Å². The minimum Gasteiger partial charge on any atom is -0.462 e. The van der Waals surface area contributed by atoms with E-state index in [4.69, 9.17) is 9.47 Å². The lowest BCUT2D eigenvalue weighted by atomic mass is 9.89. The molecular weight excluding hydrogens is 376 g/mol. The summed E-state index contributed by atoms with van der Waals surface area (Å²) in [7, 11) is 0. The van der Waals surface area contributed by atoms with Crippen LogP contribution in [-0.2, 0) is 19.1 Å². The molecule has 0 bridgehead atoms. The smallest absolute Gasteiger partial charge is 0.311 e. The molecule has 0 fully saturated rings. The van der Waals surface area contributed by atoms with Gasteiger partial charge in [-0.15, -0.1) is 0 Å². The third-order valence-corrected chi connectivity index (χ3v) is 5.93. The minimum atomic E-state index is -0.359. The lowest BCUT2D eigenvalue weighted by Gasteiger charge is -2.29. The van der Waals surface area contributed by atoms with E-state index in [-0.39, 0.29) is 35.0 Å². The van der Waals surface area contributed by atoms with E-state index in [2.05, 4.69) is 41.5 Å². The van der Waals surface area contributed by atoms with E-state index in [1.54, 1.807) is 0 Å². The first kappa shape index (κ1) is 31.1. The molecule has 4 heteroatoms. The van der Waals surface area contributed by atoms with Crippen LogP contribution in [0.25, 0.3) is 0 Å². The van der Waals surface area contributed by atoms with Crippen molar-refractivity contribution < 1.29 is 19.1 Å². The monoisotopic (exact) mass is 428 g/mol. The van der Waals surface area contributed by atoms with Gasteiger partial charge in [0, 0.05) is 0 Å². The largest absolute Gasteiger partial charge is 0.462 e. The zero-order valence-corrected chi connectivity index (χ0v) is 22.2. The van der Waals surface area contributed by atoms with Crippen molar-refractivity contribution >= 4 is 11.9 Å². The van der Waals surface area contributed by atoms with E-state index in [9.17, 15) is 9.59 Å². The zero-order valence-electron chi connectivity index (χ0n) is 22.2. The molecule has 180 valence electrons. The summed E-state index contributed by atoms with van der Waals surface area (Å²) < 4.78 is 11.1. The SMILES string of the molecule is CCC(C)(C)C(=O)OC(C(C)C)C(C)C.CCCC(CCC)OC(=O)C(C)(C)CC. The average Bonchev–Trinajstić information content (AvgIpc) is 2.65. The average molecular weight is 429 g/mol. The zero-order chi connectivity index (χ0) is 24.1. The lowest BCUT2D eigenvalue weighted by Crippen LogP contribution is -2.35. The highest BCUT2D eigenvalue weighted by Gasteiger charge is 2.31. The Balaban J connectivity index is 0. The summed E-state index contributed by atoms with van der Waals surface area (Å²) in [6, 6.07) is 0. The highest BCUT2D eigenvalue weighted by molar-refractivity contribution is 5.76. The molecule has 0 saturated carbocycles. The van der Waals surface area contributed by atoms with Gasteiger partial charge < -0.3 is 9.47 Å². The second kappa shape index (κ2) is 14.9. The molecule has 0 radical (unpaired) electrons. The summed E-state index contributed by atoms with van der Waals surface area (Å²) >= 11 is 0. The molecule has 0 rings (SSSR count). The van der Waals surface area contributed by atoms with E-state index < -0.39 is 0 Å². The van der Waals surface area contributed by atoms with Crippen molar-refractivity contribution in [1.29, 1.82) is 0 Å². The fraction of sp³-hybridized carbons (Fsp3) is 0.923. The summed E-state index contributed by atoms with van der Waals surface area (Å²) in [4.78, 5) is 23.7. The molecule has 0 spiro atoms. The Hall–Kier alpha value is -1.06. The van der Waals surface area contributed by atoms with Gasteiger partial charge in [-0.3, -0.25) is 9.59 Å². The van der Waals surface area contributed by atoms with Gasteiger partial charge in [-0.05, 0) is 65.2 Å². The summed E-state index contributed by atoms with van der Waals surface area (Å²) in [5.74, 6) is 0.637. The predicted molar refractivity (Wildman–Crippen MR) is 127 cm³/mol. The van der Waals surface area contributed by atoms with Gasteiger partial charge in [-0.2, -0.15) is 0 Å². The highest BCUT2D eigenvalue weighted by atomic mass is 16.5. The van der Waals surface area contributed by atoms with Crippen LogP contribution in [0.3, 0.4) is 0 Å². The number of ether oxygens (including phenoxy) is 2. The predicted octanol–water partition coefficient (Wildman–Crippen LogP) is 7.58. The quantitative estimate of drug-likeness (QED) is 0.301. The van der Waals surface area contributed by atoms with Crippen molar-refractivity contribution in [3.05, 3.63) is 0 Å². The maximum absolute atomic E-state index is 11.9. The minimum absolute atomic E-state index is 0.0309. The van der Waals surface area contributed by atoms with Crippen molar-refractivity contribution in [2.75, 3.05) is 0 Å². The number of esters is 2. The number of carbonyl (C=O) groups is 2. The number of hydrogen-bond acceptors (Lipinski definition) is 4. The molecule has 0 heterocycles. The Morgan fingerprint density at radius 1 is 0.667 bits per heavy atom. The summed E-state index contributed by atoms with van der Waals surface area (Å²) in [6.07, 6.45) is 5.92. The van der Waals surface area contributed by atoms with Crippen molar-refractivity contribution in [3.8, 4) is 0 Å². The molecule has 0 saturated heterocycles. The Labute approximate surface area is 187 Å². The van der Waals surface area contributed by atoms with Gasteiger partial charge in [0.25, 0.3) is 0 Å². The fourth-order valence-electron chi connectivity index (χ4n) is 2.83. The van der Waals surface area contributed by atoms with Gasteiger partial charge >= 0.3 is 11.9 Å². The standard InChI is InChI=1S/2C13H26O2/c1-8-13(6,7)12(14)15-11(9(2)3)10(4)5;1-6-9-11(10-7-2)15-12(14)13(4,5)8-3/h9-11H,8H2,1-7H3;11H,6-10H2,1-5H3. The van der Waals surface area contributed by atoms with Crippen LogP contribution in [0.15, 0.2) is 0 Å². The fourth-order valence-corrected chi connectivity index (χ4v) is 2.83. The number of hydrogen-bond donors (Lipinski definition) is 0. The Morgan fingerprint density at radius 3 is 1.27 bits per heavy atom. The molecule has 0 amide bonds. The van der Waals surface area contributed by atoms with Gasteiger partial charge in [-0.1, -0.05) is 68.2 Å². The molecule has 30 heavy (non-hydrogen) atoms. The Bertz CT molecular complexity index is 463. The molecule has 0 aliphatic heterocycles. The highest BCUT2D eigenvalue weighted by Crippen LogP contribution is 2.26. The van der Waals surface area contributed by atoms with Crippen LogP contribution in [0.5, 0.6) is 0 Å². The first-order valence-electron chi connectivity index (χ1n) is 12.1. The number of carbonyl (C=O) groups excluding carboxylic acids is 2. The Morgan fingerprint density at radius 2 is 1.00 bits per heavy atom. The van der Waals surface area contributed by atoms with Gasteiger partial charge in [-0.25, -0.2) is 0 Å². The molecular formula is C26H52O4. The molecule has 0 aromatic carbocycles. The van der Waals surface area contributed by atoms with Crippen LogP contribution in [0.4, 0.5) is 0 Å². The molecule has 0 aliphatic rings. The third kappa shape index (κ3) is 12.0. The van der Waals surface area contributed by atoms with Crippen LogP contribution in [-0.4, -0.2) is 24.1 Å². The van der Waals surface area contributed by atoms with Crippen LogP contribution in [0, 0.1) is 22.7 Å². The molecule has 0 aromatic heterocycles. The second-order valence-electron chi connectivity index (χ2n) is 10.4. The topological polar surface area (TPSA) is 52.6 Å². The summed E-state index contributed by atoms with van der Waals surface area (Å²) in [5.41, 5.74) is -0.693. The number of rotatable bonds is 12. The summed E-state index contributed by atoms with van der Waals surface area (Å²) in [6.45, 7) is 24.4. The first-order valence-corrected chi connectivity index (χ1v) is 12.1. The second-order valence-corrected chi connectivity index (χ2v) is 10.4. The maximum atomic E-state index is 11.9. The van der Waals surface area contributed by atoms with Crippen molar-refractivity contribution in [3.63, 3.8) is 0 Å². The molecule has 0 unspecified atom stereocenters. The molecule has 0 aromatic rings. The van der Waals surface area contributed by atoms with Gasteiger partial charge in [0.15, 0.2) is 0 Å².